The van der Waals surface area contributed by atoms with Crippen molar-refractivity contribution in [2.75, 3.05) is 18.0 Å². The molecule has 0 fully saturated rings. The number of hydrogen-bond acceptors (Lipinski definition) is 1. The van der Waals surface area contributed by atoms with E-state index >= 15 is 0 Å². The highest BCUT2D eigenvalue weighted by molar-refractivity contribution is 5.48. The van der Waals surface area contributed by atoms with Crippen molar-refractivity contribution in [2.45, 2.75) is 175 Å². The first-order valence-electron chi connectivity index (χ1n) is 16.6. The lowest BCUT2D eigenvalue weighted by Gasteiger charge is -2.25. The molecule has 1 aromatic carbocycles. The summed E-state index contributed by atoms with van der Waals surface area (Å²) in [6.07, 6.45) is 34.3. The van der Waals surface area contributed by atoms with Crippen molar-refractivity contribution in [3.05, 3.63) is 29.8 Å². The van der Waals surface area contributed by atoms with Gasteiger partial charge in [0.05, 0.1) is 0 Å². The third-order valence-electron chi connectivity index (χ3n) is 7.93. The first-order valence-corrected chi connectivity index (χ1v) is 16.6. The molecule has 0 atom stereocenters. The first kappa shape index (κ1) is 33.0. The lowest BCUT2D eigenvalue weighted by atomic mass is 10.0. The standard InChI is InChI=1S/C35H65N/c1-4-6-8-10-12-14-16-18-20-22-24-26-31-36(35-30-28-29-34(3)33-35)32-27-25-23-21-19-17-15-13-11-9-7-5-2/h28-30,33H,4-27,31-32H2,1-3H3. The van der Waals surface area contributed by atoms with Crippen molar-refractivity contribution in [3.8, 4) is 0 Å². The van der Waals surface area contributed by atoms with Gasteiger partial charge in [-0.05, 0) is 37.5 Å². The molecule has 0 N–H and O–H groups in total. The Kier molecular flexibility index (Phi) is 23.6. The highest BCUT2D eigenvalue weighted by atomic mass is 15.1. The fourth-order valence-corrected chi connectivity index (χ4v) is 5.48. The molecule has 0 radical (unpaired) electrons. The van der Waals surface area contributed by atoms with E-state index < -0.39 is 0 Å². The van der Waals surface area contributed by atoms with E-state index in [1.165, 1.54) is 178 Å². The fraction of sp³-hybridized carbons (Fsp3) is 0.829. The van der Waals surface area contributed by atoms with Gasteiger partial charge in [0, 0.05) is 18.8 Å². The Labute approximate surface area is 228 Å². The van der Waals surface area contributed by atoms with Gasteiger partial charge >= 0.3 is 0 Å². The molecule has 36 heavy (non-hydrogen) atoms. The fourth-order valence-electron chi connectivity index (χ4n) is 5.48. The number of hydrogen-bond donors (Lipinski definition) is 0. The van der Waals surface area contributed by atoms with Crippen LogP contribution in [0.1, 0.15) is 174 Å². The molecule has 210 valence electrons. The summed E-state index contributed by atoms with van der Waals surface area (Å²) < 4.78 is 0. The second-order valence-corrected chi connectivity index (χ2v) is 11.6. The highest BCUT2D eigenvalue weighted by Gasteiger charge is 2.07. The van der Waals surface area contributed by atoms with Crippen molar-refractivity contribution < 1.29 is 0 Å². The average molecular weight is 500 g/mol. The second kappa shape index (κ2) is 25.7. The maximum Gasteiger partial charge on any atom is 0.0368 e. The van der Waals surface area contributed by atoms with Crippen molar-refractivity contribution in [1.29, 1.82) is 0 Å². The van der Waals surface area contributed by atoms with Crippen molar-refractivity contribution in [3.63, 3.8) is 0 Å². The highest BCUT2D eigenvalue weighted by Crippen LogP contribution is 2.19. The zero-order chi connectivity index (χ0) is 25.9. The van der Waals surface area contributed by atoms with Crippen LogP contribution in [-0.2, 0) is 0 Å². The van der Waals surface area contributed by atoms with Gasteiger partial charge in [-0.2, -0.15) is 0 Å². The molecule has 0 spiro atoms. The SMILES string of the molecule is CCCCCCCCCCCCCCN(CCCCCCCCCCCCCC)c1cccc(C)c1. The molecule has 0 aliphatic carbocycles. The number of rotatable bonds is 27. The molecular weight excluding hydrogens is 434 g/mol. The van der Waals surface area contributed by atoms with Crippen LogP contribution in [0, 0.1) is 6.92 Å². The summed E-state index contributed by atoms with van der Waals surface area (Å²) in [4.78, 5) is 2.68. The smallest absolute Gasteiger partial charge is 0.0368 e. The summed E-state index contributed by atoms with van der Waals surface area (Å²) in [5.74, 6) is 0. The molecule has 1 aromatic rings. The molecule has 0 aromatic heterocycles. The number of unbranched alkanes of at least 4 members (excludes halogenated alkanes) is 22. The Hall–Kier alpha value is -0.980. The van der Waals surface area contributed by atoms with Crippen LogP contribution in [0.2, 0.25) is 0 Å². The molecule has 1 heteroatoms. The number of benzene rings is 1. The van der Waals surface area contributed by atoms with Gasteiger partial charge in [0.1, 0.15) is 0 Å². The molecule has 1 nitrogen and oxygen atoms in total. The van der Waals surface area contributed by atoms with Gasteiger partial charge in [-0.3, -0.25) is 0 Å². The summed E-state index contributed by atoms with van der Waals surface area (Å²) in [5, 5.41) is 0. The minimum absolute atomic E-state index is 1.24. The largest absolute Gasteiger partial charge is 0.372 e. The van der Waals surface area contributed by atoms with E-state index in [9.17, 15) is 0 Å². The molecule has 0 aliphatic rings. The Morgan fingerprint density at radius 1 is 0.444 bits per heavy atom. The lowest BCUT2D eigenvalue weighted by Crippen LogP contribution is -2.25. The van der Waals surface area contributed by atoms with Crippen LogP contribution in [0.5, 0.6) is 0 Å². The maximum absolute atomic E-state index is 2.68. The van der Waals surface area contributed by atoms with Crippen LogP contribution in [0.4, 0.5) is 5.69 Å². The van der Waals surface area contributed by atoms with Gasteiger partial charge < -0.3 is 4.90 Å². The predicted octanol–water partition coefficient (Wildman–Crippen LogP) is 12.2. The summed E-state index contributed by atoms with van der Waals surface area (Å²) in [6.45, 7) is 9.31. The Morgan fingerprint density at radius 2 is 0.778 bits per heavy atom. The number of nitrogens with zero attached hydrogens (tertiary/aromatic N) is 1. The third kappa shape index (κ3) is 20.1. The minimum Gasteiger partial charge on any atom is -0.372 e. The van der Waals surface area contributed by atoms with E-state index in [-0.39, 0.29) is 0 Å². The summed E-state index contributed by atoms with van der Waals surface area (Å²) in [7, 11) is 0. The zero-order valence-corrected chi connectivity index (χ0v) is 25.1. The summed E-state index contributed by atoms with van der Waals surface area (Å²) in [6, 6.07) is 9.19. The van der Waals surface area contributed by atoms with Crippen LogP contribution in [0.3, 0.4) is 0 Å². The number of anilines is 1. The normalized spacial score (nSPS) is 11.3. The van der Waals surface area contributed by atoms with Gasteiger partial charge in [-0.1, -0.05) is 167 Å². The first-order chi connectivity index (χ1) is 17.8. The van der Waals surface area contributed by atoms with Crippen LogP contribution < -0.4 is 4.90 Å². The quantitative estimate of drug-likeness (QED) is 0.109. The monoisotopic (exact) mass is 500 g/mol. The summed E-state index contributed by atoms with van der Waals surface area (Å²) >= 11 is 0. The summed E-state index contributed by atoms with van der Waals surface area (Å²) in [5.41, 5.74) is 2.84. The number of aryl methyl sites for hydroxylation is 1. The topological polar surface area (TPSA) is 3.24 Å². The van der Waals surface area contributed by atoms with Gasteiger partial charge in [0.25, 0.3) is 0 Å². The Bertz CT molecular complexity index is 538. The van der Waals surface area contributed by atoms with E-state index in [1.54, 1.807) is 0 Å². The van der Waals surface area contributed by atoms with Crippen LogP contribution >= 0.6 is 0 Å². The van der Waals surface area contributed by atoms with Crippen LogP contribution in [0.15, 0.2) is 24.3 Å². The van der Waals surface area contributed by atoms with Crippen molar-refractivity contribution in [2.24, 2.45) is 0 Å². The van der Waals surface area contributed by atoms with Crippen molar-refractivity contribution >= 4 is 5.69 Å². The average Bonchev–Trinajstić information content (AvgIpc) is 2.88. The maximum atomic E-state index is 2.68. The Balaban J connectivity index is 2.11. The third-order valence-corrected chi connectivity index (χ3v) is 7.93. The molecule has 0 saturated carbocycles. The lowest BCUT2D eigenvalue weighted by molar-refractivity contribution is 0.535. The molecule has 0 unspecified atom stereocenters. The van der Waals surface area contributed by atoms with Gasteiger partial charge in [0.2, 0.25) is 0 Å². The predicted molar refractivity (Wildman–Crippen MR) is 166 cm³/mol. The molecule has 0 amide bonds. The molecule has 1 rings (SSSR count). The van der Waals surface area contributed by atoms with E-state index in [1.807, 2.05) is 0 Å². The van der Waals surface area contributed by atoms with Crippen LogP contribution in [-0.4, -0.2) is 13.1 Å². The van der Waals surface area contributed by atoms with E-state index in [4.69, 9.17) is 0 Å². The van der Waals surface area contributed by atoms with Gasteiger partial charge in [-0.25, -0.2) is 0 Å². The van der Waals surface area contributed by atoms with Crippen LogP contribution in [0.25, 0.3) is 0 Å². The van der Waals surface area contributed by atoms with E-state index in [0.29, 0.717) is 0 Å². The van der Waals surface area contributed by atoms with E-state index in [2.05, 4.69) is 49.9 Å². The Morgan fingerprint density at radius 3 is 1.11 bits per heavy atom. The van der Waals surface area contributed by atoms with Gasteiger partial charge in [-0.15, -0.1) is 0 Å². The molecular formula is C35H65N. The zero-order valence-electron chi connectivity index (χ0n) is 25.1. The minimum atomic E-state index is 1.24. The molecule has 0 aliphatic heterocycles. The second-order valence-electron chi connectivity index (χ2n) is 11.6. The molecule has 0 heterocycles. The molecule has 0 bridgehead atoms. The van der Waals surface area contributed by atoms with E-state index in [0.717, 1.165) is 0 Å². The molecule has 0 saturated heterocycles. The van der Waals surface area contributed by atoms with Gasteiger partial charge in [0.15, 0.2) is 0 Å². The van der Waals surface area contributed by atoms with Crippen molar-refractivity contribution in [1.82, 2.24) is 0 Å².